The SMILES string of the molecule is CCN(CC)[C@H](CNC(=O)CCNC(=O)c1ccc(Cl)cc1)c1ccccc1. The van der Waals surface area contributed by atoms with Crippen LogP contribution in [-0.4, -0.2) is 42.9 Å². The maximum Gasteiger partial charge on any atom is 0.251 e. The van der Waals surface area contributed by atoms with Gasteiger partial charge >= 0.3 is 0 Å². The molecule has 0 fully saturated rings. The van der Waals surface area contributed by atoms with Crippen LogP contribution in [0.5, 0.6) is 0 Å². The molecule has 0 radical (unpaired) electrons. The first-order chi connectivity index (χ1) is 13.5. The Morgan fingerprint density at radius 1 is 0.964 bits per heavy atom. The maximum absolute atomic E-state index is 12.2. The van der Waals surface area contributed by atoms with Crippen molar-refractivity contribution in [2.24, 2.45) is 0 Å². The number of halogens is 1. The molecular weight excluding hydrogens is 374 g/mol. The average molecular weight is 402 g/mol. The lowest BCUT2D eigenvalue weighted by atomic mass is 10.1. The van der Waals surface area contributed by atoms with Gasteiger partial charge in [-0.05, 0) is 42.9 Å². The van der Waals surface area contributed by atoms with Crippen molar-refractivity contribution in [3.63, 3.8) is 0 Å². The molecule has 0 aliphatic rings. The van der Waals surface area contributed by atoms with E-state index in [9.17, 15) is 9.59 Å². The van der Waals surface area contributed by atoms with Gasteiger partial charge in [-0.25, -0.2) is 0 Å². The number of nitrogens with one attached hydrogen (secondary N) is 2. The Bertz CT molecular complexity index is 746. The van der Waals surface area contributed by atoms with E-state index in [0.717, 1.165) is 13.1 Å². The van der Waals surface area contributed by atoms with Crippen LogP contribution in [0.4, 0.5) is 0 Å². The fraction of sp³-hybridized carbons (Fsp3) is 0.364. The second-order valence-electron chi connectivity index (χ2n) is 6.46. The van der Waals surface area contributed by atoms with Gasteiger partial charge in [-0.15, -0.1) is 0 Å². The Morgan fingerprint density at radius 3 is 2.21 bits per heavy atom. The Balaban J connectivity index is 1.82. The minimum Gasteiger partial charge on any atom is -0.354 e. The summed E-state index contributed by atoms with van der Waals surface area (Å²) in [6.07, 6.45) is 0.235. The first kappa shape index (κ1) is 21.9. The molecule has 2 rings (SSSR count). The molecular formula is C22H28ClN3O2. The fourth-order valence-electron chi connectivity index (χ4n) is 3.09. The molecule has 0 heterocycles. The molecule has 5 nitrogen and oxygen atoms in total. The first-order valence-electron chi connectivity index (χ1n) is 9.64. The number of nitrogens with zero attached hydrogens (tertiary/aromatic N) is 1. The van der Waals surface area contributed by atoms with Crippen molar-refractivity contribution < 1.29 is 9.59 Å². The normalized spacial score (nSPS) is 11.9. The van der Waals surface area contributed by atoms with Crippen LogP contribution in [0.15, 0.2) is 54.6 Å². The molecule has 2 amide bonds. The summed E-state index contributed by atoms with van der Waals surface area (Å²) in [7, 11) is 0. The van der Waals surface area contributed by atoms with Crippen molar-refractivity contribution in [3.05, 3.63) is 70.7 Å². The summed E-state index contributed by atoms with van der Waals surface area (Å²) in [5.41, 5.74) is 1.71. The van der Waals surface area contributed by atoms with E-state index in [1.165, 1.54) is 5.56 Å². The van der Waals surface area contributed by atoms with Gasteiger partial charge in [0.2, 0.25) is 5.91 Å². The highest BCUT2D eigenvalue weighted by atomic mass is 35.5. The minimum atomic E-state index is -0.213. The minimum absolute atomic E-state index is 0.0792. The summed E-state index contributed by atoms with van der Waals surface area (Å²) in [5.74, 6) is -0.292. The van der Waals surface area contributed by atoms with Gasteiger partial charge in [0.15, 0.2) is 0 Å². The van der Waals surface area contributed by atoms with Gasteiger partial charge in [-0.2, -0.15) is 0 Å². The lowest BCUT2D eigenvalue weighted by molar-refractivity contribution is -0.121. The molecule has 0 saturated heterocycles. The molecule has 28 heavy (non-hydrogen) atoms. The Hall–Kier alpha value is -2.37. The highest BCUT2D eigenvalue weighted by molar-refractivity contribution is 6.30. The molecule has 0 aliphatic heterocycles. The number of likely N-dealkylation sites (N-methyl/N-ethyl adjacent to an activating group) is 1. The summed E-state index contributed by atoms with van der Waals surface area (Å²) in [6.45, 7) is 6.87. The van der Waals surface area contributed by atoms with Crippen molar-refractivity contribution in [2.45, 2.75) is 26.3 Å². The third-order valence-electron chi connectivity index (χ3n) is 4.67. The summed E-state index contributed by atoms with van der Waals surface area (Å²) >= 11 is 5.82. The van der Waals surface area contributed by atoms with Crippen LogP contribution in [0.2, 0.25) is 5.02 Å². The molecule has 2 aromatic rings. The van der Waals surface area contributed by atoms with Crippen molar-refractivity contribution in [1.29, 1.82) is 0 Å². The fourth-order valence-corrected chi connectivity index (χ4v) is 3.22. The highest BCUT2D eigenvalue weighted by Gasteiger charge is 2.18. The van der Waals surface area contributed by atoms with Crippen molar-refractivity contribution in [2.75, 3.05) is 26.2 Å². The topological polar surface area (TPSA) is 61.4 Å². The second kappa shape index (κ2) is 11.5. The smallest absolute Gasteiger partial charge is 0.251 e. The molecule has 0 bridgehead atoms. The van der Waals surface area contributed by atoms with Gasteiger partial charge in [0, 0.05) is 30.1 Å². The van der Waals surface area contributed by atoms with Crippen LogP contribution < -0.4 is 10.6 Å². The van der Waals surface area contributed by atoms with Gasteiger partial charge < -0.3 is 10.6 Å². The molecule has 0 unspecified atom stereocenters. The van der Waals surface area contributed by atoms with E-state index in [1.54, 1.807) is 24.3 Å². The molecule has 0 aromatic heterocycles. The summed E-state index contributed by atoms with van der Waals surface area (Å²) in [5, 5.41) is 6.34. The Kier molecular flexibility index (Phi) is 8.98. The molecule has 0 aliphatic carbocycles. The van der Waals surface area contributed by atoms with E-state index in [4.69, 9.17) is 11.6 Å². The lowest BCUT2D eigenvalue weighted by Crippen LogP contribution is -2.39. The average Bonchev–Trinajstić information content (AvgIpc) is 2.72. The van der Waals surface area contributed by atoms with Crippen molar-refractivity contribution >= 4 is 23.4 Å². The molecule has 6 heteroatoms. The molecule has 2 N–H and O–H groups in total. The van der Waals surface area contributed by atoms with Gasteiger partial charge in [0.25, 0.3) is 5.91 Å². The number of rotatable bonds is 10. The van der Waals surface area contributed by atoms with Gasteiger partial charge in [-0.3, -0.25) is 14.5 Å². The lowest BCUT2D eigenvalue weighted by Gasteiger charge is -2.30. The van der Waals surface area contributed by atoms with Crippen LogP contribution in [0.1, 0.15) is 42.2 Å². The van der Waals surface area contributed by atoms with Gasteiger partial charge in [0.1, 0.15) is 0 Å². The summed E-state index contributed by atoms with van der Waals surface area (Å²) < 4.78 is 0. The van der Waals surface area contributed by atoms with E-state index >= 15 is 0 Å². The Morgan fingerprint density at radius 2 is 1.61 bits per heavy atom. The molecule has 150 valence electrons. The molecule has 2 aromatic carbocycles. The predicted molar refractivity (Wildman–Crippen MR) is 114 cm³/mol. The summed E-state index contributed by atoms with van der Waals surface area (Å²) in [4.78, 5) is 26.6. The van der Waals surface area contributed by atoms with E-state index in [0.29, 0.717) is 17.1 Å². The predicted octanol–water partition coefficient (Wildman–Crippen LogP) is 3.66. The zero-order valence-corrected chi connectivity index (χ0v) is 17.2. The number of hydrogen-bond donors (Lipinski definition) is 2. The largest absolute Gasteiger partial charge is 0.354 e. The highest BCUT2D eigenvalue weighted by Crippen LogP contribution is 2.19. The Labute approximate surface area is 172 Å². The zero-order valence-electron chi connectivity index (χ0n) is 16.5. The summed E-state index contributed by atoms with van der Waals surface area (Å²) in [6, 6.07) is 17.0. The molecule has 0 spiro atoms. The van der Waals surface area contributed by atoms with Gasteiger partial charge in [-0.1, -0.05) is 55.8 Å². The zero-order chi connectivity index (χ0) is 20.4. The number of carbonyl (C=O) groups excluding carboxylic acids is 2. The number of carbonyl (C=O) groups is 2. The maximum atomic E-state index is 12.2. The third-order valence-corrected chi connectivity index (χ3v) is 4.93. The van der Waals surface area contributed by atoms with Crippen LogP contribution in [-0.2, 0) is 4.79 Å². The second-order valence-corrected chi connectivity index (χ2v) is 6.90. The van der Waals surface area contributed by atoms with Crippen LogP contribution in [0, 0.1) is 0 Å². The quantitative estimate of drug-likeness (QED) is 0.638. The standard InChI is InChI=1S/C22H28ClN3O2/c1-3-26(4-2)20(17-8-6-5-7-9-17)16-25-21(27)14-15-24-22(28)18-10-12-19(23)13-11-18/h5-13,20H,3-4,14-16H2,1-2H3,(H,24,28)(H,25,27)/t20-/m1/s1. The molecule has 0 saturated carbocycles. The van der Waals surface area contributed by atoms with Crippen LogP contribution in [0.3, 0.4) is 0 Å². The van der Waals surface area contributed by atoms with Crippen LogP contribution in [0.25, 0.3) is 0 Å². The number of hydrogen-bond acceptors (Lipinski definition) is 3. The number of benzene rings is 2. The van der Waals surface area contributed by atoms with Crippen molar-refractivity contribution in [1.82, 2.24) is 15.5 Å². The van der Waals surface area contributed by atoms with E-state index in [-0.39, 0.29) is 30.8 Å². The van der Waals surface area contributed by atoms with Crippen molar-refractivity contribution in [3.8, 4) is 0 Å². The van der Waals surface area contributed by atoms with Crippen LogP contribution >= 0.6 is 11.6 Å². The first-order valence-corrected chi connectivity index (χ1v) is 10.0. The third kappa shape index (κ3) is 6.66. The van der Waals surface area contributed by atoms with E-state index in [1.807, 2.05) is 18.2 Å². The number of amides is 2. The molecule has 1 atom stereocenters. The van der Waals surface area contributed by atoms with E-state index < -0.39 is 0 Å². The monoisotopic (exact) mass is 401 g/mol. The van der Waals surface area contributed by atoms with Gasteiger partial charge in [0.05, 0.1) is 6.04 Å². The van der Waals surface area contributed by atoms with E-state index in [2.05, 4.69) is 41.5 Å².